The van der Waals surface area contributed by atoms with Gasteiger partial charge in [0.25, 0.3) is 0 Å². The summed E-state index contributed by atoms with van der Waals surface area (Å²) in [5, 5.41) is 5.66. The minimum Gasteiger partial charge on any atom is -0.467 e. The highest BCUT2D eigenvalue weighted by molar-refractivity contribution is 7.98. The maximum Gasteiger partial charge on any atom is 0.330 e. The number of rotatable bonds is 6. The van der Waals surface area contributed by atoms with Crippen LogP contribution in [0.2, 0.25) is 0 Å². The lowest BCUT2D eigenvalue weighted by Gasteiger charge is -2.17. The summed E-state index contributed by atoms with van der Waals surface area (Å²) >= 11 is 1.64. The number of benzene rings is 1. The third-order valence-corrected chi connectivity index (χ3v) is 3.17. The molecule has 0 radical (unpaired) electrons. The molecule has 0 saturated heterocycles. The standard InChI is InChI=1S/C13H18N2O3S/c1-9(16)15-12(13(17)18-2)8-14-10-5-4-6-11(7-10)19-3/h4-7,12,14H,8H2,1-3H3,(H,15,16). The SMILES string of the molecule is COC(=O)C(CNc1cccc(SC)c1)NC(C)=O. The number of nitrogens with one attached hydrogen (secondary N) is 2. The maximum absolute atomic E-state index is 11.5. The minimum absolute atomic E-state index is 0.268. The van der Waals surface area contributed by atoms with Gasteiger partial charge in [-0.25, -0.2) is 4.79 Å². The molecule has 1 amide bonds. The van der Waals surface area contributed by atoms with Crippen LogP contribution in [0, 0.1) is 0 Å². The topological polar surface area (TPSA) is 67.4 Å². The number of amides is 1. The largest absolute Gasteiger partial charge is 0.467 e. The van der Waals surface area contributed by atoms with Gasteiger partial charge >= 0.3 is 5.97 Å². The Labute approximate surface area is 117 Å². The van der Waals surface area contributed by atoms with E-state index in [4.69, 9.17) is 0 Å². The predicted octanol–water partition coefficient (Wildman–Crippen LogP) is 1.50. The van der Waals surface area contributed by atoms with Gasteiger partial charge in [0, 0.05) is 24.1 Å². The number of esters is 1. The molecule has 0 heterocycles. The Morgan fingerprint density at radius 3 is 2.74 bits per heavy atom. The van der Waals surface area contributed by atoms with Crippen LogP contribution in [0.15, 0.2) is 29.2 Å². The molecule has 1 aromatic rings. The van der Waals surface area contributed by atoms with Crippen LogP contribution in [0.3, 0.4) is 0 Å². The molecule has 6 heteroatoms. The Kier molecular flexibility index (Phi) is 6.21. The lowest BCUT2D eigenvalue weighted by Crippen LogP contribution is -2.45. The molecule has 0 aliphatic carbocycles. The smallest absolute Gasteiger partial charge is 0.330 e. The van der Waals surface area contributed by atoms with E-state index < -0.39 is 12.0 Å². The lowest BCUT2D eigenvalue weighted by atomic mass is 10.2. The van der Waals surface area contributed by atoms with Gasteiger partial charge in [0.2, 0.25) is 5.91 Å². The molecule has 1 unspecified atom stereocenters. The van der Waals surface area contributed by atoms with Crippen LogP contribution in [0.5, 0.6) is 0 Å². The van der Waals surface area contributed by atoms with Crippen molar-refractivity contribution in [2.75, 3.05) is 25.2 Å². The van der Waals surface area contributed by atoms with Crippen LogP contribution < -0.4 is 10.6 Å². The number of methoxy groups -OCH3 is 1. The maximum atomic E-state index is 11.5. The van der Waals surface area contributed by atoms with Crippen molar-refractivity contribution < 1.29 is 14.3 Å². The zero-order valence-corrected chi connectivity index (χ0v) is 12.0. The van der Waals surface area contributed by atoms with Crippen molar-refractivity contribution in [3.63, 3.8) is 0 Å². The highest BCUT2D eigenvalue weighted by Crippen LogP contribution is 2.18. The first-order chi connectivity index (χ1) is 9.06. The van der Waals surface area contributed by atoms with Crippen LogP contribution in [0.1, 0.15) is 6.92 Å². The normalized spacial score (nSPS) is 11.5. The van der Waals surface area contributed by atoms with Crippen molar-refractivity contribution in [2.45, 2.75) is 17.9 Å². The van der Waals surface area contributed by atoms with Crippen molar-refractivity contribution in [2.24, 2.45) is 0 Å². The van der Waals surface area contributed by atoms with E-state index in [-0.39, 0.29) is 12.5 Å². The Bertz CT molecular complexity index is 451. The summed E-state index contributed by atoms with van der Waals surface area (Å²) in [5.41, 5.74) is 0.895. The first-order valence-electron chi connectivity index (χ1n) is 5.79. The zero-order chi connectivity index (χ0) is 14.3. The van der Waals surface area contributed by atoms with E-state index in [0.29, 0.717) is 0 Å². The van der Waals surface area contributed by atoms with Gasteiger partial charge in [-0.05, 0) is 24.5 Å². The minimum atomic E-state index is -0.694. The molecule has 104 valence electrons. The molecule has 0 saturated carbocycles. The van der Waals surface area contributed by atoms with Gasteiger partial charge in [-0.15, -0.1) is 11.8 Å². The zero-order valence-electron chi connectivity index (χ0n) is 11.2. The molecule has 0 bridgehead atoms. The summed E-state index contributed by atoms with van der Waals surface area (Å²) in [4.78, 5) is 23.7. The summed E-state index contributed by atoms with van der Waals surface area (Å²) in [6.45, 7) is 1.65. The molecule has 2 N–H and O–H groups in total. The van der Waals surface area contributed by atoms with Crippen LogP contribution in [0.25, 0.3) is 0 Å². The number of thioether (sulfide) groups is 1. The highest BCUT2D eigenvalue weighted by atomic mass is 32.2. The molecule has 1 atom stereocenters. The third kappa shape index (κ3) is 5.21. The van der Waals surface area contributed by atoms with Gasteiger partial charge in [0.15, 0.2) is 0 Å². The van der Waals surface area contributed by atoms with Crippen LogP contribution in [0.4, 0.5) is 5.69 Å². The molecule has 0 spiro atoms. The Morgan fingerprint density at radius 1 is 1.42 bits per heavy atom. The van der Waals surface area contributed by atoms with Crippen molar-refractivity contribution >= 4 is 29.3 Å². The van der Waals surface area contributed by atoms with Gasteiger partial charge < -0.3 is 15.4 Å². The van der Waals surface area contributed by atoms with Gasteiger partial charge in [0.05, 0.1) is 7.11 Å². The molecule has 0 aromatic heterocycles. The van der Waals surface area contributed by atoms with E-state index in [2.05, 4.69) is 15.4 Å². The first-order valence-corrected chi connectivity index (χ1v) is 7.02. The molecule has 1 rings (SSSR count). The fourth-order valence-electron chi connectivity index (χ4n) is 1.53. The Hall–Kier alpha value is -1.69. The number of hydrogen-bond acceptors (Lipinski definition) is 5. The number of ether oxygens (including phenoxy) is 1. The van der Waals surface area contributed by atoms with Gasteiger partial charge in [-0.1, -0.05) is 6.07 Å². The summed E-state index contributed by atoms with van der Waals surface area (Å²) in [6.07, 6.45) is 1.99. The highest BCUT2D eigenvalue weighted by Gasteiger charge is 2.19. The second kappa shape index (κ2) is 7.68. The van der Waals surface area contributed by atoms with Crippen molar-refractivity contribution in [3.05, 3.63) is 24.3 Å². The molecule has 5 nitrogen and oxygen atoms in total. The van der Waals surface area contributed by atoms with E-state index in [1.807, 2.05) is 30.5 Å². The summed E-state index contributed by atoms with van der Waals surface area (Å²) in [6, 6.07) is 7.12. The van der Waals surface area contributed by atoms with Crippen molar-refractivity contribution in [1.29, 1.82) is 0 Å². The number of carbonyl (C=O) groups excluding carboxylic acids is 2. The van der Waals surface area contributed by atoms with Crippen molar-refractivity contribution in [1.82, 2.24) is 5.32 Å². The van der Waals surface area contributed by atoms with Crippen LogP contribution >= 0.6 is 11.8 Å². The Morgan fingerprint density at radius 2 is 2.16 bits per heavy atom. The summed E-state index contributed by atoms with van der Waals surface area (Å²) in [5.74, 6) is -0.737. The molecule has 1 aromatic carbocycles. The molecule has 19 heavy (non-hydrogen) atoms. The predicted molar refractivity (Wildman–Crippen MR) is 76.3 cm³/mol. The second-order valence-corrected chi connectivity index (χ2v) is 4.77. The molecule has 0 aliphatic rings. The van der Waals surface area contributed by atoms with E-state index in [9.17, 15) is 9.59 Å². The van der Waals surface area contributed by atoms with Gasteiger partial charge in [-0.2, -0.15) is 0 Å². The van der Waals surface area contributed by atoms with Crippen LogP contribution in [-0.4, -0.2) is 37.8 Å². The number of carbonyl (C=O) groups is 2. The number of hydrogen-bond donors (Lipinski definition) is 2. The molecular weight excluding hydrogens is 264 g/mol. The fourth-order valence-corrected chi connectivity index (χ4v) is 1.99. The number of anilines is 1. The van der Waals surface area contributed by atoms with Gasteiger partial charge in [-0.3, -0.25) is 4.79 Å². The monoisotopic (exact) mass is 282 g/mol. The fraction of sp³-hybridized carbons (Fsp3) is 0.385. The summed E-state index contributed by atoms with van der Waals surface area (Å²) in [7, 11) is 1.30. The molecular formula is C13H18N2O3S. The molecule has 0 fully saturated rings. The quantitative estimate of drug-likeness (QED) is 0.611. The van der Waals surface area contributed by atoms with E-state index >= 15 is 0 Å². The second-order valence-electron chi connectivity index (χ2n) is 3.89. The third-order valence-electron chi connectivity index (χ3n) is 2.44. The summed E-state index contributed by atoms with van der Waals surface area (Å²) < 4.78 is 4.65. The average molecular weight is 282 g/mol. The Balaban J connectivity index is 2.64. The van der Waals surface area contributed by atoms with E-state index in [1.54, 1.807) is 11.8 Å². The van der Waals surface area contributed by atoms with Crippen LogP contribution in [-0.2, 0) is 14.3 Å². The lowest BCUT2D eigenvalue weighted by molar-refractivity contribution is -0.144. The average Bonchev–Trinajstić information content (AvgIpc) is 2.42. The molecule has 0 aliphatic heterocycles. The first kappa shape index (κ1) is 15.4. The van der Waals surface area contributed by atoms with E-state index in [0.717, 1.165) is 10.6 Å². The van der Waals surface area contributed by atoms with Crippen molar-refractivity contribution in [3.8, 4) is 0 Å². The van der Waals surface area contributed by atoms with Gasteiger partial charge in [0.1, 0.15) is 6.04 Å². The van der Waals surface area contributed by atoms with E-state index in [1.165, 1.54) is 14.0 Å².